The third-order valence-corrected chi connectivity index (χ3v) is 5.19. The third kappa shape index (κ3) is 3.88. The van der Waals surface area contributed by atoms with Crippen LogP contribution in [-0.2, 0) is 0 Å². The van der Waals surface area contributed by atoms with Crippen molar-refractivity contribution in [2.75, 3.05) is 0 Å². The molecule has 0 amide bonds. The summed E-state index contributed by atoms with van der Waals surface area (Å²) >= 11 is 5.83. The summed E-state index contributed by atoms with van der Waals surface area (Å²) in [7, 11) is -0.787. The first kappa shape index (κ1) is 12.6. The van der Waals surface area contributed by atoms with Crippen LogP contribution in [0.4, 0.5) is 0 Å². The van der Waals surface area contributed by atoms with Crippen LogP contribution in [0.2, 0.25) is 16.1 Å². The number of hydrogen-bond donors (Lipinski definition) is 0. The van der Waals surface area contributed by atoms with Crippen molar-refractivity contribution in [1.82, 2.24) is 0 Å². The Morgan fingerprint density at radius 3 is 1.87 bits per heavy atom. The third-order valence-electron chi connectivity index (χ3n) is 2.19. The summed E-state index contributed by atoms with van der Waals surface area (Å²) in [5.41, 5.74) is 1.23. The van der Waals surface area contributed by atoms with Crippen molar-refractivity contribution in [2.45, 2.75) is 38.8 Å². The summed E-state index contributed by atoms with van der Waals surface area (Å²) in [6.07, 6.45) is 0. The molecule has 0 aliphatic rings. The van der Waals surface area contributed by atoms with Gasteiger partial charge >= 0.3 is 0 Å². The van der Waals surface area contributed by atoms with Crippen LogP contribution in [0.5, 0.6) is 5.75 Å². The van der Waals surface area contributed by atoms with Crippen molar-refractivity contribution in [3.05, 3.63) is 29.3 Å². The molecule has 1 aromatic rings. The van der Waals surface area contributed by atoms with Gasteiger partial charge < -0.3 is 4.43 Å². The second kappa shape index (κ2) is 5.57. The van der Waals surface area contributed by atoms with Gasteiger partial charge in [-0.15, -0.1) is 0 Å². The van der Waals surface area contributed by atoms with E-state index in [0.29, 0.717) is 11.1 Å². The number of halogens is 1. The molecule has 0 aliphatic carbocycles. The summed E-state index contributed by atoms with van der Waals surface area (Å²) in [5, 5.41) is 0.755. The quantitative estimate of drug-likeness (QED) is 0.704. The van der Waals surface area contributed by atoms with E-state index < -0.39 is 9.04 Å². The first-order valence-corrected chi connectivity index (χ1v) is 7.25. The highest BCUT2D eigenvalue weighted by atomic mass is 35.5. The lowest BCUT2D eigenvalue weighted by atomic mass is 10.3. The number of benzene rings is 1. The Balaban J connectivity index is 2.70. The standard InChI is InChI=1S/C12H18ClOSi/c1-9(2)15(10(3)4)14-12-7-5-11(13)6-8-12/h5-10H,1-4H3. The molecule has 15 heavy (non-hydrogen) atoms. The highest BCUT2D eigenvalue weighted by Gasteiger charge is 2.24. The van der Waals surface area contributed by atoms with Gasteiger partial charge in [-0.25, -0.2) is 0 Å². The van der Waals surface area contributed by atoms with Crippen LogP contribution < -0.4 is 4.43 Å². The maximum Gasteiger partial charge on any atom is 0.286 e. The van der Waals surface area contributed by atoms with Gasteiger partial charge in [0.1, 0.15) is 5.75 Å². The minimum Gasteiger partial charge on any atom is -0.541 e. The fourth-order valence-corrected chi connectivity index (χ4v) is 3.88. The van der Waals surface area contributed by atoms with E-state index in [1.54, 1.807) is 0 Å². The minimum atomic E-state index is -0.787. The van der Waals surface area contributed by atoms with Crippen LogP contribution in [0.1, 0.15) is 27.7 Å². The van der Waals surface area contributed by atoms with Gasteiger partial charge in [0.05, 0.1) is 0 Å². The van der Waals surface area contributed by atoms with Crippen LogP contribution in [-0.4, -0.2) is 9.04 Å². The maximum atomic E-state index is 6.04. The van der Waals surface area contributed by atoms with Gasteiger partial charge in [0.2, 0.25) is 0 Å². The zero-order valence-electron chi connectivity index (χ0n) is 9.75. The summed E-state index contributed by atoms with van der Waals surface area (Å²) in [6, 6.07) is 7.63. The lowest BCUT2D eigenvalue weighted by Crippen LogP contribution is -2.28. The molecule has 0 saturated heterocycles. The Bertz CT molecular complexity index is 287. The average molecular weight is 242 g/mol. The fourth-order valence-electron chi connectivity index (χ4n) is 1.54. The molecule has 0 spiro atoms. The average Bonchev–Trinajstić information content (AvgIpc) is 2.15. The van der Waals surface area contributed by atoms with Crippen molar-refractivity contribution in [3.63, 3.8) is 0 Å². The molecule has 0 aromatic heterocycles. The lowest BCUT2D eigenvalue weighted by Gasteiger charge is -2.22. The Kier molecular flexibility index (Phi) is 4.67. The summed E-state index contributed by atoms with van der Waals surface area (Å²) in [6.45, 7) is 8.91. The molecule has 0 saturated carbocycles. The Hall–Kier alpha value is -0.473. The Labute approximate surface area is 99.1 Å². The molecule has 0 N–H and O–H groups in total. The van der Waals surface area contributed by atoms with Crippen molar-refractivity contribution in [1.29, 1.82) is 0 Å². The smallest absolute Gasteiger partial charge is 0.286 e. The van der Waals surface area contributed by atoms with Gasteiger partial charge in [-0.1, -0.05) is 39.3 Å². The van der Waals surface area contributed by atoms with Crippen LogP contribution in [0.3, 0.4) is 0 Å². The van der Waals surface area contributed by atoms with E-state index in [0.717, 1.165) is 10.8 Å². The van der Waals surface area contributed by atoms with E-state index in [4.69, 9.17) is 16.0 Å². The van der Waals surface area contributed by atoms with Crippen LogP contribution in [0, 0.1) is 0 Å². The first-order valence-electron chi connectivity index (χ1n) is 5.31. The van der Waals surface area contributed by atoms with Crippen LogP contribution in [0.15, 0.2) is 24.3 Å². The zero-order valence-corrected chi connectivity index (χ0v) is 11.5. The molecular weight excluding hydrogens is 224 g/mol. The van der Waals surface area contributed by atoms with Gasteiger partial charge in [0.15, 0.2) is 0 Å². The maximum absolute atomic E-state index is 6.04. The predicted octanol–water partition coefficient (Wildman–Crippen LogP) is 4.53. The summed E-state index contributed by atoms with van der Waals surface area (Å²) in [4.78, 5) is 0. The molecule has 0 bridgehead atoms. The van der Waals surface area contributed by atoms with Gasteiger partial charge in [-0.2, -0.15) is 0 Å². The van der Waals surface area contributed by atoms with Gasteiger partial charge in [-0.3, -0.25) is 0 Å². The van der Waals surface area contributed by atoms with Crippen LogP contribution >= 0.6 is 11.6 Å². The largest absolute Gasteiger partial charge is 0.541 e. The van der Waals surface area contributed by atoms with Crippen molar-refractivity contribution < 1.29 is 4.43 Å². The summed E-state index contributed by atoms with van der Waals surface area (Å²) < 4.78 is 6.04. The van der Waals surface area contributed by atoms with E-state index in [-0.39, 0.29) is 0 Å². The second-order valence-corrected chi connectivity index (χ2v) is 8.02. The topological polar surface area (TPSA) is 9.23 Å². The van der Waals surface area contributed by atoms with E-state index in [1.807, 2.05) is 24.3 Å². The zero-order chi connectivity index (χ0) is 11.4. The monoisotopic (exact) mass is 241 g/mol. The van der Waals surface area contributed by atoms with E-state index in [9.17, 15) is 0 Å². The second-order valence-electron chi connectivity index (χ2n) is 4.27. The van der Waals surface area contributed by atoms with E-state index >= 15 is 0 Å². The van der Waals surface area contributed by atoms with E-state index in [2.05, 4.69) is 27.7 Å². The molecule has 0 atom stereocenters. The predicted molar refractivity (Wildman–Crippen MR) is 68.0 cm³/mol. The summed E-state index contributed by atoms with van der Waals surface area (Å²) in [5.74, 6) is 0.940. The molecule has 0 unspecified atom stereocenters. The van der Waals surface area contributed by atoms with Crippen molar-refractivity contribution in [2.24, 2.45) is 0 Å². The lowest BCUT2D eigenvalue weighted by molar-refractivity contribution is 0.536. The SMILES string of the molecule is CC(C)[Si](Oc1ccc(Cl)cc1)C(C)C. The van der Waals surface area contributed by atoms with Gasteiger partial charge in [0.25, 0.3) is 9.04 Å². The number of hydrogen-bond acceptors (Lipinski definition) is 1. The first-order chi connectivity index (χ1) is 7.00. The molecule has 1 nitrogen and oxygen atoms in total. The molecule has 0 aliphatic heterocycles. The van der Waals surface area contributed by atoms with E-state index in [1.165, 1.54) is 0 Å². The Morgan fingerprint density at radius 2 is 1.47 bits per heavy atom. The van der Waals surface area contributed by atoms with Crippen LogP contribution in [0.25, 0.3) is 0 Å². The number of rotatable bonds is 4. The van der Waals surface area contributed by atoms with Gasteiger partial charge in [0, 0.05) is 5.02 Å². The highest BCUT2D eigenvalue weighted by Crippen LogP contribution is 2.24. The molecule has 1 aromatic carbocycles. The minimum absolute atomic E-state index is 0.616. The molecule has 1 rings (SSSR count). The molecule has 0 fully saturated rings. The normalized spacial score (nSPS) is 11.5. The molecule has 1 radical (unpaired) electrons. The highest BCUT2D eigenvalue weighted by molar-refractivity contribution is 6.55. The molecule has 3 heteroatoms. The molecule has 83 valence electrons. The molecule has 0 heterocycles. The van der Waals surface area contributed by atoms with Gasteiger partial charge in [-0.05, 0) is 35.3 Å². The fraction of sp³-hybridized carbons (Fsp3) is 0.500. The Morgan fingerprint density at radius 1 is 1.00 bits per heavy atom. The molecular formula is C12H18ClOSi. The van der Waals surface area contributed by atoms with Crippen molar-refractivity contribution in [3.8, 4) is 5.75 Å². The van der Waals surface area contributed by atoms with Crippen molar-refractivity contribution >= 4 is 20.6 Å².